The summed E-state index contributed by atoms with van der Waals surface area (Å²) in [5.41, 5.74) is 5.04. The van der Waals surface area contributed by atoms with Crippen molar-refractivity contribution in [3.05, 3.63) is 156 Å². The van der Waals surface area contributed by atoms with Crippen molar-refractivity contribution in [2.45, 2.75) is 19.5 Å². The third-order valence-electron chi connectivity index (χ3n) is 8.39. The normalized spacial score (nSPS) is 14.5. The molecule has 8 nitrogen and oxygen atoms in total. The van der Waals surface area contributed by atoms with E-state index in [4.69, 9.17) is 26.1 Å². The summed E-state index contributed by atoms with van der Waals surface area (Å²) in [7, 11) is 3.12. The molecule has 0 radical (unpaired) electrons. The average Bonchev–Trinajstić information content (AvgIpc) is 3.60. The minimum atomic E-state index is -0.766. The molecule has 1 N–H and O–H groups in total. The SMILES string of the molecule is COc1ccc([C@H]2C(C(=O)Nc3ccccc3)=C(C)N=c3s/c(=C\c4cn(Cc5ccc(Cl)cc5)c5ccccc45)c(=O)n32)cc1OC. The van der Waals surface area contributed by atoms with E-state index in [0.717, 1.165) is 22.0 Å². The number of ether oxygens (including phenoxy) is 2. The Kier molecular flexibility index (Phi) is 8.47. The van der Waals surface area contributed by atoms with Crippen molar-refractivity contribution < 1.29 is 14.3 Å². The lowest BCUT2D eigenvalue weighted by Gasteiger charge is -2.26. The van der Waals surface area contributed by atoms with E-state index in [9.17, 15) is 9.59 Å². The number of amides is 1. The van der Waals surface area contributed by atoms with Crippen molar-refractivity contribution in [2.24, 2.45) is 4.99 Å². The zero-order valence-corrected chi connectivity index (χ0v) is 28.0. The van der Waals surface area contributed by atoms with Gasteiger partial charge in [0.15, 0.2) is 16.3 Å². The van der Waals surface area contributed by atoms with Crippen LogP contribution in [0.4, 0.5) is 5.69 Å². The molecule has 0 saturated carbocycles. The van der Waals surface area contributed by atoms with Crippen LogP contribution in [0.1, 0.15) is 29.7 Å². The number of carbonyl (C=O) groups excluding carboxylic acids is 1. The third-order valence-corrected chi connectivity index (χ3v) is 9.63. The molecule has 4 aromatic carbocycles. The Morgan fingerprint density at radius 3 is 2.44 bits per heavy atom. The van der Waals surface area contributed by atoms with Gasteiger partial charge in [-0.05, 0) is 66.6 Å². The first-order valence-corrected chi connectivity index (χ1v) is 16.5. The van der Waals surface area contributed by atoms with E-state index in [1.807, 2.05) is 78.9 Å². The Morgan fingerprint density at radius 2 is 1.69 bits per heavy atom. The number of nitrogens with one attached hydrogen (secondary N) is 1. The lowest BCUT2D eigenvalue weighted by atomic mass is 9.94. The first kappa shape index (κ1) is 31.2. The standard InChI is InChI=1S/C38H31ClN4O4S/c1-23-34(36(44)41-28-9-5-4-6-10-28)35(25-15-18-31(46-2)32(19-25)47-3)43-37(45)33(48-38(43)40-23)20-26-22-42(30-12-8-7-11-29(26)30)21-24-13-16-27(39)17-14-24/h4-20,22,35H,21H2,1-3H3,(H,41,44)/b33-20-/t35-/m0/s1. The first-order chi connectivity index (χ1) is 23.3. The van der Waals surface area contributed by atoms with Gasteiger partial charge in [-0.15, -0.1) is 0 Å². The maximum atomic E-state index is 14.4. The van der Waals surface area contributed by atoms with Gasteiger partial charge in [-0.25, -0.2) is 4.99 Å². The van der Waals surface area contributed by atoms with Gasteiger partial charge in [-0.1, -0.05) is 77.5 Å². The van der Waals surface area contributed by atoms with Crippen molar-refractivity contribution in [2.75, 3.05) is 19.5 Å². The van der Waals surface area contributed by atoms with Gasteiger partial charge in [-0.3, -0.25) is 14.2 Å². The number of fused-ring (bicyclic) bond motifs is 2. The number of hydrogen-bond donors (Lipinski definition) is 1. The summed E-state index contributed by atoms with van der Waals surface area (Å²) >= 11 is 7.42. The van der Waals surface area contributed by atoms with Crippen LogP contribution in [0.5, 0.6) is 11.5 Å². The van der Waals surface area contributed by atoms with E-state index in [1.54, 1.807) is 37.8 Å². The molecule has 1 atom stereocenters. The fraction of sp³-hybridized carbons (Fsp3) is 0.132. The van der Waals surface area contributed by atoms with Crippen molar-refractivity contribution in [3.8, 4) is 11.5 Å². The minimum absolute atomic E-state index is 0.245. The number of para-hydroxylation sites is 2. The van der Waals surface area contributed by atoms with Gasteiger partial charge >= 0.3 is 0 Å². The number of hydrogen-bond acceptors (Lipinski definition) is 6. The summed E-state index contributed by atoms with van der Waals surface area (Å²) in [6.45, 7) is 2.44. The molecule has 1 amide bonds. The highest BCUT2D eigenvalue weighted by Crippen LogP contribution is 2.36. The van der Waals surface area contributed by atoms with E-state index in [2.05, 4.69) is 28.2 Å². The number of aromatic nitrogens is 2. The molecular weight excluding hydrogens is 644 g/mol. The highest BCUT2D eigenvalue weighted by atomic mass is 35.5. The fourth-order valence-corrected chi connectivity index (χ4v) is 7.28. The Labute approximate surface area is 285 Å². The average molecular weight is 675 g/mol. The molecule has 0 aliphatic carbocycles. The number of halogens is 1. The van der Waals surface area contributed by atoms with Crippen molar-refractivity contribution >= 4 is 51.5 Å². The van der Waals surface area contributed by atoms with Crippen LogP contribution in [-0.2, 0) is 11.3 Å². The maximum absolute atomic E-state index is 14.4. The number of anilines is 1. The summed E-state index contributed by atoms with van der Waals surface area (Å²) in [5, 5.41) is 4.70. The number of methoxy groups -OCH3 is 2. The Bertz CT molecular complexity index is 2390. The second-order valence-corrected chi connectivity index (χ2v) is 12.8. The molecule has 48 heavy (non-hydrogen) atoms. The van der Waals surface area contributed by atoms with Crippen LogP contribution in [0.15, 0.2) is 124 Å². The molecule has 7 rings (SSSR count). The Balaban J connectivity index is 1.37. The molecule has 0 bridgehead atoms. The van der Waals surface area contributed by atoms with Crippen LogP contribution < -0.4 is 29.7 Å². The molecule has 0 fully saturated rings. The second kappa shape index (κ2) is 13.0. The van der Waals surface area contributed by atoms with Gasteiger partial charge in [0.2, 0.25) is 0 Å². The molecule has 10 heteroatoms. The lowest BCUT2D eigenvalue weighted by Crippen LogP contribution is -2.40. The van der Waals surface area contributed by atoms with Crippen LogP contribution >= 0.6 is 22.9 Å². The summed E-state index contributed by atoms with van der Waals surface area (Å²) in [6.07, 6.45) is 3.98. The van der Waals surface area contributed by atoms with Gasteiger partial charge < -0.3 is 19.4 Å². The van der Waals surface area contributed by atoms with E-state index in [-0.39, 0.29) is 11.5 Å². The van der Waals surface area contributed by atoms with Crippen molar-refractivity contribution in [1.29, 1.82) is 0 Å². The molecule has 0 spiro atoms. The summed E-state index contributed by atoms with van der Waals surface area (Å²) in [4.78, 5) is 33.7. The number of nitrogens with zero attached hydrogens (tertiary/aromatic N) is 3. The van der Waals surface area contributed by atoms with Crippen LogP contribution in [0, 0.1) is 0 Å². The lowest BCUT2D eigenvalue weighted by molar-refractivity contribution is -0.113. The molecule has 240 valence electrons. The predicted molar refractivity (Wildman–Crippen MR) is 191 cm³/mol. The maximum Gasteiger partial charge on any atom is 0.271 e. The first-order valence-electron chi connectivity index (χ1n) is 15.3. The van der Waals surface area contributed by atoms with Crippen LogP contribution in [0.25, 0.3) is 17.0 Å². The van der Waals surface area contributed by atoms with Gasteiger partial charge in [0, 0.05) is 39.9 Å². The summed E-state index contributed by atoms with van der Waals surface area (Å²) in [5.74, 6) is 0.685. The van der Waals surface area contributed by atoms with Crippen molar-refractivity contribution in [3.63, 3.8) is 0 Å². The number of carbonyl (C=O) groups is 1. The van der Waals surface area contributed by atoms with Crippen molar-refractivity contribution in [1.82, 2.24) is 9.13 Å². The van der Waals surface area contributed by atoms with Crippen LogP contribution in [0.3, 0.4) is 0 Å². The van der Waals surface area contributed by atoms with E-state index in [1.165, 1.54) is 11.3 Å². The van der Waals surface area contributed by atoms with Gasteiger partial charge in [0.25, 0.3) is 11.5 Å². The predicted octanol–water partition coefficient (Wildman–Crippen LogP) is 6.55. The number of thiazole rings is 1. The van der Waals surface area contributed by atoms with E-state index < -0.39 is 6.04 Å². The van der Waals surface area contributed by atoms with Gasteiger partial charge in [-0.2, -0.15) is 0 Å². The molecule has 0 unspecified atom stereocenters. The van der Waals surface area contributed by atoms with Gasteiger partial charge in [0.05, 0.1) is 36.1 Å². The zero-order valence-electron chi connectivity index (χ0n) is 26.4. The highest BCUT2D eigenvalue weighted by Gasteiger charge is 2.33. The molecule has 1 aliphatic heterocycles. The number of benzene rings is 4. The highest BCUT2D eigenvalue weighted by molar-refractivity contribution is 7.07. The van der Waals surface area contributed by atoms with Crippen LogP contribution in [-0.4, -0.2) is 29.3 Å². The van der Waals surface area contributed by atoms with E-state index in [0.29, 0.717) is 54.9 Å². The monoisotopic (exact) mass is 674 g/mol. The molecule has 0 saturated heterocycles. The summed E-state index contributed by atoms with van der Waals surface area (Å²) in [6, 6.07) is 29.8. The molecule has 2 aromatic heterocycles. The second-order valence-electron chi connectivity index (χ2n) is 11.4. The fourth-order valence-electron chi connectivity index (χ4n) is 6.12. The number of allylic oxidation sites excluding steroid dienone is 1. The number of rotatable bonds is 8. The van der Waals surface area contributed by atoms with Gasteiger partial charge in [0.1, 0.15) is 0 Å². The van der Waals surface area contributed by atoms with E-state index >= 15 is 0 Å². The quantitative estimate of drug-likeness (QED) is 0.199. The molecule has 6 aromatic rings. The topological polar surface area (TPSA) is 86.9 Å². The Morgan fingerprint density at radius 1 is 0.958 bits per heavy atom. The summed E-state index contributed by atoms with van der Waals surface area (Å²) < 4.78 is 15.4. The Hall–Kier alpha value is -5.38. The zero-order chi connectivity index (χ0) is 33.4. The smallest absolute Gasteiger partial charge is 0.271 e. The minimum Gasteiger partial charge on any atom is -0.493 e. The van der Waals surface area contributed by atoms with Crippen LogP contribution in [0.2, 0.25) is 5.02 Å². The largest absolute Gasteiger partial charge is 0.493 e. The molecule has 1 aliphatic rings. The molecular formula is C38H31ClN4O4S. The molecule has 3 heterocycles. The third kappa shape index (κ3) is 5.83.